The lowest BCUT2D eigenvalue weighted by molar-refractivity contribution is 0.385. The second kappa shape index (κ2) is 4.21. The summed E-state index contributed by atoms with van der Waals surface area (Å²) in [5, 5.41) is 16.2. The average Bonchev–Trinajstić information content (AvgIpc) is 2.63. The van der Waals surface area contributed by atoms with E-state index < -0.39 is 0 Å². The summed E-state index contributed by atoms with van der Waals surface area (Å²) in [7, 11) is 0. The number of rotatable bonds is 3. The number of nitrogens with one attached hydrogen (secondary N) is 2. The van der Waals surface area contributed by atoms with Crippen molar-refractivity contribution in [2.45, 2.75) is 25.4 Å². The minimum absolute atomic E-state index is 0.200. The van der Waals surface area contributed by atoms with Crippen molar-refractivity contribution in [1.29, 1.82) is 0 Å². The topological polar surface area (TPSA) is 44.3 Å². The molecular weight excluding hydrogens is 188 g/mol. The molecule has 3 N–H and O–H groups in total. The van der Waals surface area contributed by atoms with Crippen molar-refractivity contribution < 1.29 is 5.11 Å². The summed E-state index contributed by atoms with van der Waals surface area (Å²) in [5.41, 5.74) is 1.33. The highest BCUT2D eigenvalue weighted by atomic mass is 16.3. The van der Waals surface area contributed by atoms with Crippen LogP contribution in [0.2, 0.25) is 0 Å². The van der Waals surface area contributed by atoms with Crippen molar-refractivity contribution in [2.24, 2.45) is 0 Å². The predicted octanol–water partition coefficient (Wildman–Crippen LogP) is 1.23. The van der Waals surface area contributed by atoms with E-state index >= 15 is 0 Å². The van der Waals surface area contributed by atoms with E-state index in [4.69, 9.17) is 0 Å². The maximum atomic E-state index is 9.33. The number of hydrogen-bond acceptors (Lipinski definition) is 3. The molecule has 0 saturated carbocycles. The van der Waals surface area contributed by atoms with E-state index in [0.29, 0.717) is 5.75 Å². The molecule has 1 unspecified atom stereocenters. The molecule has 0 bridgehead atoms. The smallest absolute Gasteiger partial charge is 0.115 e. The Morgan fingerprint density at radius 2 is 2.40 bits per heavy atom. The molecule has 0 radical (unpaired) electrons. The largest absolute Gasteiger partial charge is 0.508 e. The van der Waals surface area contributed by atoms with Crippen molar-refractivity contribution in [3.8, 4) is 5.75 Å². The molecule has 0 amide bonds. The molecular formula is C12H18N2O. The molecule has 0 aromatic heterocycles. The van der Waals surface area contributed by atoms with Crippen LogP contribution in [-0.4, -0.2) is 23.7 Å². The zero-order valence-corrected chi connectivity index (χ0v) is 9.09. The fraction of sp³-hybridized carbons (Fsp3) is 0.500. The Kier molecular flexibility index (Phi) is 2.93. The Labute approximate surface area is 90.5 Å². The Morgan fingerprint density at radius 1 is 1.53 bits per heavy atom. The van der Waals surface area contributed by atoms with E-state index in [2.05, 4.69) is 17.6 Å². The lowest BCUT2D eigenvalue weighted by Gasteiger charge is -2.24. The van der Waals surface area contributed by atoms with Crippen molar-refractivity contribution in [3.05, 3.63) is 29.8 Å². The number of phenolic OH excluding ortho intramolecular Hbond substituents is 1. The number of benzene rings is 1. The lowest BCUT2D eigenvalue weighted by atomic mass is 10.0. The van der Waals surface area contributed by atoms with Crippen LogP contribution in [0.5, 0.6) is 5.75 Å². The van der Waals surface area contributed by atoms with E-state index in [1.165, 1.54) is 0 Å². The minimum atomic E-state index is 0.200. The Morgan fingerprint density at radius 3 is 3.07 bits per heavy atom. The van der Waals surface area contributed by atoms with Crippen LogP contribution in [0, 0.1) is 0 Å². The van der Waals surface area contributed by atoms with Gasteiger partial charge in [0, 0.05) is 18.6 Å². The molecule has 1 aliphatic heterocycles. The van der Waals surface area contributed by atoms with Gasteiger partial charge in [0.25, 0.3) is 0 Å². The van der Waals surface area contributed by atoms with Crippen LogP contribution in [0.1, 0.15) is 18.9 Å². The van der Waals surface area contributed by atoms with Gasteiger partial charge in [-0.25, -0.2) is 0 Å². The van der Waals surface area contributed by atoms with Crippen molar-refractivity contribution >= 4 is 0 Å². The first kappa shape index (κ1) is 10.5. The molecule has 0 aliphatic carbocycles. The van der Waals surface area contributed by atoms with Crippen LogP contribution in [-0.2, 0) is 6.54 Å². The standard InChI is InChI=1S/C12H18N2O/c1-12(5-6-13-9-12)14-8-10-3-2-4-11(15)7-10/h2-4,7,13-15H,5-6,8-9H2,1H3. The minimum Gasteiger partial charge on any atom is -0.508 e. The highest BCUT2D eigenvalue weighted by Crippen LogP contribution is 2.16. The average molecular weight is 206 g/mol. The van der Waals surface area contributed by atoms with Crippen LogP contribution < -0.4 is 10.6 Å². The van der Waals surface area contributed by atoms with E-state index in [1.807, 2.05) is 12.1 Å². The van der Waals surface area contributed by atoms with Crippen molar-refractivity contribution in [3.63, 3.8) is 0 Å². The normalized spacial score (nSPS) is 25.7. The zero-order chi connectivity index (χ0) is 10.7. The highest BCUT2D eigenvalue weighted by Gasteiger charge is 2.27. The van der Waals surface area contributed by atoms with Crippen LogP contribution in [0.4, 0.5) is 0 Å². The first-order chi connectivity index (χ1) is 7.18. The molecule has 3 heteroatoms. The Bertz CT molecular complexity index is 332. The molecule has 15 heavy (non-hydrogen) atoms. The predicted molar refractivity (Wildman–Crippen MR) is 60.8 cm³/mol. The van der Waals surface area contributed by atoms with Gasteiger partial charge in [0.2, 0.25) is 0 Å². The van der Waals surface area contributed by atoms with Gasteiger partial charge in [0.15, 0.2) is 0 Å². The fourth-order valence-corrected chi connectivity index (χ4v) is 1.95. The molecule has 3 nitrogen and oxygen atoms in total. The summed E-state index contributed by atoms with van der Waals surface area (Å²) in [6.45, 7) is 5.15. The molecule has 0 spiro atoms. The maximum Gasteiger partial charge on any atom is 0.115 e. The van der Waals surface area contributed by atoms with Gasteiger partial charge in [-0.1, -0.05) is 12.1 Å². The third-order valence-electron chi connectivity index (χ3n) is 3.00. The number of phenols is 1. The number of hydrogen-bond donors (Lipinski definition) is 3. The molecule has 1 heterocycles. The van der Waals surface area contributed by atoms with Crippen LogP contribution >= 0.6 is 0 Å². The van der Waals surface area contributed by atoms with Gasteiger partial charge in [-0.2, -0.15) is 0 Å². The molecule has 2 rings (SSSR count). The third-order valence-corrected chi connectivity index (χ3v) is 3.00. The molecule has 1 atom stereocenters. The Balaban J connectivity index is 1.92. The second-order valence-corrected chi connectivity index (χ2v) is 4.51. The van der Waals surface area contributed by atoms with Gasteiger partial charge in [-0.3, -0.25) is 0 Å². The first-order valence-corrected chi connectivity index (χ1v) is 5.42. The summed E-state index contributed by atoms with van der Waals surface area (Å²) in [6, 6.07) is 7.40. The molecule has 1 aliphatic rings. The van der Waals surface area contributed by atoms with Crippen molar-refractivity contribution in [2.75, 3.05) is 13.1 Å². The fourth-order valence-electron chi connectivity index (χ4n) is 1.95. The molecule has 82 valence electrons. The van der Waals surface area contributed by atoms with E-state index in [1.54, 1.807) is 12.1 Å². The van der Waals surface area contributed by atoms with E-state index in [0.717, 1.165) is 31.6 Å². The summed E-state index contributed by atoms with van der Waals surface area (Å²) in [6.07, 6.45) is 1.16. The SMILES string of the molecule is CC1(NCc2cccc(O)c2)CCNC1. The van der Waals surface area contributed by atoms with Gasteiger partial charge >= 0.3 is 0 Å². The molecule has 1 aromatic carbocycles. The van der Waals surface area contributed by atoms with Gasteiger partial charge in [-0.15, -0.1) is 0 Å². The quantitative estimate of drug-likeness (QED) is 0.697. The summed E-state index contributed by atoms with van der Waals surface area (Å²) in [4.78, 5) is 0. The van der Waals surface area contributed by atoms with Crippen LogP contribution in [0.25, 0.3) is 0 Å². The van der Waals surface area contributed by atoms with Crippen LogP contribution in [0.15, 0.2) is 24.3 Å². The summed E-state index contributed by atoms with van der Waals surface area (Å²) in [5.74, 6) is 0.337. The third kappa shape index (κ3) is 2.70. The monoisotopic (exact) mass is 206 g/mol. The molecule has 1 saturated heterocycles. The van der Waals surface area contributed by atoms with Gasteiger partial charge in [-0.05, 0) is 37.6 Å². The van der Waals surface area contributed by atoms with Gasteiger partial charge in [0.1, 0.15) is 5.75 Å². The second-order valence-electron chi connectivity index (χ2n) is 4.51. The summed E-state index contributed by atoms with van der Waals surface area (Å²) >= 11 is 0. The first-order valence-electron chi connectivity index (χ1n) is 5.42. The Hall–Kier alpha value is -1.06. The zero-order valence-electron chi connectivity index (χ0n) is 9.09. The maximum absolute atomic E-state index is 9.33. The highest BCUT2D eigenvalue weighted by molar-refractivity contribution is 5.27. The van der Waals surface area contributed by atoms with Gasteiger partial charge in [0.05, 0.1) is 0 Å². The lowest BCUT2D eigenvalue weighted by Crippen LogP contribution is -2.43. The number of aromatic hydroxyl groups is 1. The molecule has 1 aromatic rings. The van der Waals surface area contributed by atoms with Gasteiger partial charge < -0.3 is 15.7 Å². The molecule has 1 fully saturated rings. The van der Waals surface area contributed by atoms with Crippen molar-refractivity contribution in [1.82, 2.24) is 10.6 Å². The van der Waals surface area contributed by atoms with Crippen LogP contribution in [0.3, 0.4) is 0 Å². The van der Waals surface area contributed by atoms with E-state index in [-0.39, 0.29) is 5.54 Å². The summed E-state index contributed by atoms with van der Waals surface area (Å²) < 4.78 is 0. The van der Waals surface area contributed by atoms with E-state index in [9.17, 15) is 5.11 Å².